The lowest BCUT2D eigenvalue weighted by Gasteiger charge is -2.29. The number of rotatable bonds is 5. The van der Waals surface area contributed by atoms with Crippen molar-refractivity contribution in [2.45, 2.75) is 38.5 Å². The van der Waals surface area contributed by atoms with Crippen LogP contribution in [-0.2, 0) is 0 Å². The van der Waals surface area contributed by atoms with E-state index in [1.165, 1.54) is 43.4 Å². The van der Waals surface area contributed by atoms with Crippen molar-refractivity contribution >= 4 is 5.65 Å². The van der Waals surface area contributed by atoms with E-state index in [2.05, 4.69) is 65.2 Å². The number of piperidine rings is 1. The minimum Gasteiger partial charge on any atom is -0.493 e. The molecule has 0 aliphatic carbocycles. The summed E-state index contributed by atoms with van der Waals surface area (Å²) < 4.78 is 7.29. The minimum atomic E-state index is 0.296. The van der Waals surface area contributed by atoms with Gasteiger partial charge in [-0.3, -0.25) is 5.10 Å². The minimum absolute atomic E-state index is 0.296. The molecule has 3 aromatic heterocycles. The lowest BCUT2D eigenvalue weighted by atomic mass is 9.88. The van der Waals surface area contributed by atoms with E-state index in [0.29, 0.717) is 23.2 Å². The lowest BCUT2D eigenvalue weighted by Crippen LogP contribution is -2.29. The first-order valence-corrected chi connectivity index (χ1v) is 11.3. The molecule has 7 heteroatoms. The number of fused-ring (bicyclic) bond motifs is 1. The highest BCUT2D eigenvalue weighted by Crippen LogP contribution is 2.37. The van der Waals surface area contributed by atoms with E-state index in [-0.39, 0.29) is 0 Å². The Labute approximate surface area is 188 Å². The zero-order valence-electron chi connectivity index (χ0n) is 19.2. The van der Waals surface area contributed by atoms with Crippen molar-refractivity contribution in [2.24, 2.45) is 0 Å². The SMILES string of the molecule is COc1cc(-c2n[nH]c(-c3ccc(C4CCN(C)CC4)cc3)c2C(C)C)cn2ncnc12. The first kappa shape index (κ1) is 20.7. The molecule has 1 N–H and O–H groups in total. The van der Waals surface area contributed by atoms with Gasteiger partial charge in [0, 0.05) is 17.3 Å². The van der Waals surface area contributed by atoms with Gasteiger partial charge >= 0.3 is 0 Å². The predicted molar refractivity (Wildman–Crippen MR) is 126 cm³/mol. The Hall–Kier alpha value is -3.19. The van der Waals surface area contributed by atoms with Gasteiger partial charge in [0.1, 0.15) is 6.33 Å². The van der Waals surface area contributed by atoms with Crippen LogP contribution >= 0.6 is 0 Å². The molecule has 1 aromatic carbocycles. The molecule has 0 atom stereocenters. The molecule has 1 aliphatic rings. The summed E-state index contributed by atoms with van der Waals surface area (Å²) in [4.78, 5) is 6.70. The third-order valence-electron chi connectivity index (χ3n) is 6.61. The summed E-state index contributed by atoms with van der Waals surface area (Å²) in [5.41, 5.74) is 7.44. The van der Waals surface area contributed by atoms with Crippen molar-refractivity contribution in [3.05, 3.63) is 54.0 Å². The highest BCUT2D eigenvalue weighted by Gasteiger charge is 2.22. The highest BCUT2D eigenvalue weighted by molar-refractivity contribution is 5.76. The summed E-state index contributed by atoms with van der Waals surface area (Å²) in [7, 11) is 3.86. The van der Waals surface area contributed by atoms with Gasteiger partial charge in [0.15, 0.2) is 11.4 Å². The fraction of sp³-hybridized carbons (Fsp3) is 0.400. The van der Waals surface area contributed by atoms with Crippen LogP contribution < -0.4 is 4.74 Å². The number of aromatic nitrogens is 5. The summed E-state index contributed by atoms with van der Waals surface area (Å²) in [5.74, 6) is 1.63. The van der Waals surface area contributed by atoms with Gasteiger partial charge in [-0.2, -0.15) is 10.2 Å². The number of nitrogens with zero attached hydrogens (tertiary/aromatic N) is 5. The van der Waals surface area contributed by atoms with Crippen molar-refractivity contribution in [1.82, 2.24) is 29.7 Å². The van der Waals surface area contributed by atoms with Gasteiger partial charge in [0.05, 0.1) is 18.5 Å². The molecule has 1 saturated heterocycles. The number of likely N-dealkylation sites (tertiary alicyclic amines) is 1. The van der Waals surface area contributed by atoms with E-state index in [1.807, 2.05) is 12.3 Å². The third-order valence-corrected chi connectivity index (χ3v) is 6.61. The quantitative estimate of drug-likeness (QED) is 0.496. The van der Waals surface area contributed by atoms with Crippen LogP contribution in [0.25, 0.3) is 28.2 Å². The van der Waals surface area contributed by atoms with Gasteiger partial charge in [0.2, 0.25) is 0 Å². The first-order valence-electron chi connectivity index (χ1n) is 11.3. The van der Waals surface area contributed by atoms with E-state index in [9.17, 15) is 0 Å². The topological polar surface area (TPSA) is 71.3 Å². The Bertz CT molecular complexity index is 1220. The van der Waals surface area contributed by atoms with E-state index < -0.39 is 0 Å². The Morgan fingerprint density at radius 3 is 2.53 bits per heavy atom. The molecule has 0 unspecified atom stereocenters. The normalized spacial score (nSPS) is 15.7. The second-order valence-electron chi connectivity index (χ2n) is 9.04. The average molecular weight is 431 g/mol. The molecule has 0 spiro atoms. The molecule has 0 amide bonds. The summed E-state index contributed by atoms with van der Waals surface area (Å²) in [6.45, 7) is 6.76. The van der Waals surface area contributed by atoms with Gasteiger partial charge < -0.3 is 9.64 Å². The monoisotopic (exact) mass is 430 g/mol. The molecule has 1 fully saturated rings. The summed E-state index contributed by atoms with van der Waals surface area (Å²) in [6, 6.07) is 11.0. The maximum absolute atomic E-state index is 5.55. The Morgan fingerprint density at radius 2 is 1.84 bits per heavy atom. The fourth-order valence-electron chi connectivity index (χ4n) is 4.79. The Kier molecular flexibility index (Phi) is 5.43. The maximum Gasteiger partial charge on any atom is 0.197 e. The summed E-state index contributed by atoms with van der Waals surface area (Å²) in [5, 5.41) is 12.3. The number of ether oxygens (including phenoxy) is 1. The average Bonchev–Trinajstić information content (AvgIpc) is 3.46. The fourth-order valence-corrected chi connectivity index (χ4v) is 4.79. The van der Waals surface area contributed by atoms with E-state index in [4.69, 9.17) is 9.84 Å². The molecule has 0 saturated carbocycles. The smallest absolute Gasteiger partial charge is 0.197 e. The molecule has 4 heterocycles. The second-order valence-corrected chi connectivity index (χ2v) is 9.04. The Balaban J connectivity index is 1.51. The molecule has 4 aromatic rings. The standard InChI is InChI=1S/C25H30N6O/c1-16(2)22-23(19-7-5-17(6-8-19)18-9-11-30(3)12-10-18)28-29-24(22)20-13-21(32-4)25-26-15-27-31(25)14-20/h5-8,13-16,18H,9-12H2,1-4H3,(H,28,29). The van der Waals surface area contributed by atoms with Crippen molar-refractivity contribution in [1.29, 1.82) is 0 Å². The molecular formula is C25H30N6O. The van der Waals surface area contributed by atoms with Crippen molar-refractivity contribution in [2.75, 3.05) is 27.2 Å². The first-order chi connectivity index (χ1) is 15.5. The third kappa shape index (κ3) is 3.66. The number of hydrogen-bond donors (Lipinski definition) is 1. The van der Waals surface area contributed by atoms with Crippen LogP contribution in [0.4, 0.5) is 0 Å². The van der Waals surface area contributed by atoms with Gasteiger partial charge in [-0.25, -0.2) is 9.50 Å². The number of methoxy groups -OCH3 is 1. The van der Waals surface area contributed by atoms with E-state index >= 15 is 0 Å². The summed E-state index contributed by atoms with van der Waals surface area (Å²) >= 11 is 0. The molecule has 5 rings (SSSR count). The lowest BCUT2D eigenvalue weighted by molar-refractivity contribution is 0.255. The number of nitrogens with one attached hydrogen (secondary N) is 1. The molecule has 7 nitrogen and oxygen atoms in total. The molecule has 0 radical (unpaired) electrons. The van der Waals surface area contributed by atoms with Crippen LogP contribution in [-0.4, -0.2) is 56.9 Å². The van der Waals surface area contributed by atoms with Crippen LogP contribution in [0.3, 0.4) is 0 Å². The largest absolute Gasteiger partial charge is 0.493 e. The van der Waals surface area contributed by atoms with E-state index in [0.717, 1.165) is 22.5 Å². The number of H-pyrrole nitrogens is 1. The molecule has 0 bridgehead atoms. The summed E-state index contributed by atoms with van der Waals surface area (Å²) in [6.07, 6.45) is 5.95. The molecule has 1 aliphatic heterocycles. The number of aromatic amines is 1. The number of benzene rings is 1. The maximum atomic E-state index is 5.55. The van der Waals surface area contributed by atoms with Crippen LogP contribution in [0.1, 0.15) is 49.7 Å². The van der Waals surface area contributed by atoms with Gasteiger partial charge in [-0.1, -0.05) is 38.1 Å². The van der Waals surface area contributed by atoms with Crippen molar-refractivity contribution in [3.8, 4) is 28.3 Å². The second kappa shape index (κ2) is 8.39. The van der Waals surface area contributed by atoms with Crippen molar-refractivity contribution in [3.63, 3.8) is 0 Å². The van der Waals surface area contributed by atoms with Crippen LogP contribution in [0.5, 0.6) is 5.75 Å². The van der Waals surface area contributed by atoms with Crippen LogP contribution in [0.2, 0.25) is 0 Å². The van der Waals surface area contributed by atoms with Crippen LogP contribution in [0.15, 0.2) is 42.9 Å². The molecule has 32 heavy (non-hydrogen) atoms. The zero-order chi connectivity index (χ0) is 22.2. The molecular weight excluding hydrogens is 400 g/mol. The van der Waals surface area contributed by atoms with Crippen LogP contribution in [0, 0.1) is 0 Å². The van der Waals surface area contributed by atoms with Gasteiger partial charge in [-0.05, 0) is 62.0 Å². The highest BCUT2D eigenvalue weighted by atomic mass is 16.5. The van der Waals surface area contributed by atoms with E-state index in [1.54, 1.807) is 11.6 Å². The number of pyridine rings is 1. The number of hydrogen-bond acceptors (Lipinski definition) is 5. The van der Waals surface area contributed by atoms with Gasteiger partial charge in [0.25, 0.3) is 0 Å². The molecule has 166 valence electrons. The Morgan fingerprint density at radius 1 is 1.09 bits per heavy atom. The zero-order valence-corrected chi connectivity index (χ0v) is 19.2. The predicted octanol–water partition coefficient (Wildman–Crippen LogP) is 4.73. The van der Waals surface area contributed by atoms with Gasteiger partial charge in [-0.15, -0.1) is 0 Å². The van der Waals surface area contributed by atoms with Crippen molar-refractivity contribution < 1.29 is 4.74 Å².